The van der Waals surface area contributed by atoms with Crippen molar-refractivity contribution in [2.75, 3.05) is 0 Å². The number of fused-ring (bicyclic) bond motifs is 5. The van der Waals surface area contributed by atoms with Gasteiger partial charge in [-0.05, 0) is 86.4 Å². The van der Waals surface area contributed by atoms with E-state index in [0.29, 0.717) is 23.7 Å². The minimum Gasteiger partial charge on any atom is -0.393 e. The number of aliphatic hydroxyl groups excluding tert-OH is 2. The van der Waals surface area contributed by atoms with Gasteiger partial charge in [0.05, 0.1) is 12.2 Å². The number of aldehydes is 1. The van der Waals surface area contributed by atoms with Gasteiger partial charge in [0.25, 0.3) is 0 Å². The van der Waals surface area contributed by atoms with Gasteiger partial charge in [0.2, 0.25) is 0 Å². The van der Waals surface area contributed by atoms with Crippen molar-refractivity contribution in [3.8, 4) is 0 Å². The van der Waals surface area contributed by atoms with Gasteiger partial charge in [-0.25, -0.2) is 0 Å². The van der Waals surface area contributed by atoms with E-state index in [1.54, 1.807) is 0 Å². The molecule has 4 rings (SSSR count). The maximum atomic E-state index is 12.4. The zero-order chi connectivity index (χ0) is 16.4. The quantitative estimate of drug-likeness (QED) is 0.730. The van der Waals surface area contributed by atoms with Crippen LogP contribution in [0.5, 0.6) is 0 Å². The van der Waals surface area contributed by atoms with Crippen LogP contribution in [-0.2, 0) is 4.79 Å². The lowest BCUT2D eigenvalue weighted by molar-refractivity contribution is -0.169. The summed E-state index contributed by atoms with van der Waals surface area (Å²) in [5.74, 6) is 2.33. The van der Waals surface area contributed by atoms with Gasteiger partial charge in [-0.2, -0.15) is 0 Å². The Morgan fingerprint density at radius 2 is 1.78 bits per heavy atom. The topological polar surface area (TPSA) is 57.5 Å². The Hall–Kier alpha value is -0.410. The first-order chi connectivity index (χ1) is 10.9. The molecule has 3 nitrogen and oxygen atoms in total. The van der Waals surface area contributed by atoms with Gasteiger partial charge in [-0.3, -0.25) is 0 Å². The largest absolute Gasteiger partial charge is 0.393 e. The second kappa shape index (κ2) is 5.29. The highest BCUT2D eigenvalue weighted by Gasteiger charge is 2.63. The monoisotopic (exact) mass is 320 g/mol. The number of carbonyl (C=O) groups is 1. The molecule has 4 saturated carbocycles. The molecule has 0 aliphatic heterocycles. The summed E-state index contributed by atoms with van der Waals surface area (Å²) < 4.78 is 0. The minimum absolute atomic E-state index is 0.0789. The van der Waals surface area contributed by atoms with E-state index in [2.05, 4.69) is 13.8 Å². The predicted molar refractivity (Wildman–Crippen MR) is 88.7 cm³/mol. The fourth-order valence-corrected chi connectivity index (χ4v) is 7.66. The zero-order valence-electron chi connectivity index (χ0n) is 14.6. The summed E-state index contributed by atoms with van der Waals surface area (Å²) >= 11 is 0. The fourth-order valence-electron chi connectivity index (χ4n) is 7.66. The Morgan fingerprint density at radius 3 is 2.52 bits per heavy atom. The van der Waals surface area contributed by atoms with Crippen molar-refractivity contribution in [2.24, 2.45) is 40.4 Å². The van der Waals surface area contributed by atoms with Gasteiger partial charge in [0.1, 0.15) is 6.29 Å². The standard InChI is InChI=1S/C20H32O3/c1-12-9-14(22)10-13-3-4-15-16-5-6-18(23)19(16,2)8-7-17(15)20(12,13)11-21/h11-18,22-23H,3-10H2,1-2H3/t12?,13?,14?,15-,16-,17+,18?,19-,20-/m0/s1. The third-order valence-corrected chi connectivity index (χ3v) is 8.82. The smallest absolute Gasteiger partial charge is 0.126 e. The molecule has 4 unspecified atom stereocenters. The summed E-state index contributed by atoms with van der Waals surface area (Å²) in [7, 11) is 0. The number of aliphatic hydroxyl groups is 2. The van der Waals surface area contributed by atoms with E-state index in [-0.39, 0.29) is 29.0 Å². The van der Waals surface area contributed by atoms with Crippen LogP contribution in [0.3, 0.4) is 0 Å². The molecule has 0 bridgehead atoms. The van der Waals surface area contributed by atoms with Crippen LogP contribution >= 0.6 is 0 Å². The van der Waals surface area contributed by atoms with E-state index in [9.17, 15) is 15.0 Å². The second-order valence-corrected chi connectivity index (χ2v) is 9.43. The van der Waals surface area contributed by atoms with Crippen LogP contribution in [0.2, 0.25) is 0 Å². The Bertz CT molecular complexity index is 491. The molecule has 3 heteroatoms. The third-order valence-electron chi connectivity index (χ3n) is 8.82. The van der Waals surface area contributed by atoms with E-state index in [4.69, 9.17) is 0 Å². The Balaban J connectivity index is 1.70. The Kier molecular flexibility index (Phi) is 3.70. The first-order valence-corrected chi connectivity index (χ1v) is 9.76. The predicted octanol–water partition coefficient (Wildman–Crippen LogP) is 3.18. The number of hydrogen-bond acceptors (Lipinski definition) is 3. The molecular weight excluding hydrogens is 288 g/mol. The van der Waals surface area contributed by atoms with Crippen LogP contribution in [0.4, 0.5) is 0 Å². The van der Waals surface area contributed by atoms with E-state index in [1.165, 1.54) is 12.7 Å². The van der Waals surface area contributed by atoms with Crippen LogP contribution in [0.25, 0.3) is 0 Å². The molecule has 0 aromatic rings. The van der Waals surface area contributed by atoms with Crippen LogP contribution in [0.15, 0.2) is 0 Å². The van der Waals surface area contributed by atoms with Crippen molar-refractivity contribution in [1.82, 2.24) is 0 Å². The molecule has 2 N–H and O–H groups in total. The van der Waals surface area contributed by atoms with Crippen molar-refractivity contribution in [1.29, 1.82) is 0 Å². The molecule has 0 radical (unpaired) electrons. The highest BCUT2D eigenvalue weighted by atomic mass is 16.3. The lowest BCUT2D eigenvalue weighted by Crippen LogP contribution is -2.59. The fraction of sp³-hybridized carbons (Fsp3) is 0.950. The first-order valence-electron chi connectivity index (χ1n) is 9.76. The van der Waals surface area contributed by atoms with Crippen LogP contribution in [-0.4, -0.2) is 28.7 Å². The van der Waals surface area contributed by atoms with E-state index in [1.807, 2.05) is 0 Å². The van der Waals surface area contributed by atoms with Crippen LogP contribution < -0.4 is 0 Å². The summed E-state index contributed by atoms with van der Waals surface area (Å²) in [5, 5.41) is 20.7. The first kappa shape index (κ1) is 16.1. The highest BCUT2D eigenvalue weighted by Crippen LogP contribution is 2.66. The summed E-state index contributed by atoms with van der Waals surface area (Å²) in [4.78, 5) is 12.4. The Labute approximate surface area is 139 Å². The molecule has 0 spiro atoms. The van der Waals surface area contributed by atoms with Gasteiger partial charge in [-0.1, -0.05) is 13.8 Å². The summed E-state index contributed by atoms with van der Waals surface area (Å²) in [6, 6.07) is 0. The molecule has 0 aromatic carbocycles. The third kappa shape index (κ3) is 1.99. The molecule has 4 fully saturated rings. The molecule has 23 heavy (non-hydrogen) atoms. The molecule has 9 atom stereocenters. The van der Waals surface area contributed by atoms with Crippen molar-refractivity contribution in [3.05, 3.63) is 0 Å². The molecular formula is C20H32O3. The lowest BCUT2D eigenvalue weighted by atomic mass is 9.42. The van der Waals surface area contributed by atoms with Crippen molar-refractivity contribution < 1.29 is 15.0 Å². The maximum absolute atomic E-state index is 12.4. The molecule has 4 aliphatic rings. The molecule has 0 amide bonds. The molecule has 0 aromatic heterocycles. The Morgan fingerprint density at radius 1 is 1.00 bits per heavy atom. The number of rotatable bonds is 1. The van der Waals surface area contributed by atoms with Gasteiger partial charge >= 0.3 is 0 Å². The lowest BCUT2D eigenvalue weighted by Gasteiger charge is -2.61. The highest BCUT2D eigenvalue weighted by molar-refractivity contribution is 5.62. The summed E-state index contributed by atoms with van der Waals surface area (Å²) in [5.41, 5.74) is -0.132. The van der Waals surface area contributed by atoms with Gasteiger partial charge in [0.15, 0.2) is 0 Å². The van der Waals surface area contributed by atoms with E-state index < -0.39 is 0 Å². The van der Waals surface area contributed by atoms with E-state index >= 15 is 0 Å². The average molecular weight is 320 g/mol. The van der Waals surface area contributed by atoms with Gasteiger partial charge in [-0.15, -0.1) is 0 Å². The molecule has 130 valence electrons. The summed E-state index contributed by atoms with van der Waals surface area (Å²) in [6.07, 6.45) is 9.04. The second-order valence-electron chi connectivity index (χ2n) is 9.43. The summed E-state index contributed by atoms with van der Waals surface area (Å²) in [6.45, 7) is 4.49. The number of carbonyl (C=O) groups excluding carboxylic acids is 1. The molecule has 4 aliphatic carbocycles. The molecule has 0 saturated heterocycles. The van der Waals surface area contributed by atoms with E-state index in [0.717, 1.165) is 44.9 Å². The van der Waals surface area contributed by atoms with Crippen molar-refractivity contribution >= 4 is 6.29 Å². The van der Waals surface area contributed by atoms with Crippen LogP contribution in [0.1, 0.15) is 65.2 Å². The number of hydrogen-bond donors (Lipinski definition) is 2. The molecule has 0 heterocycles. The van der Waals surface area contributed by atoms with Crippen LogP contribution in [0, 0.1) is 40.4 Å². The SMILES string of the molecule is CC1CC(O)CC2CC[C@@H]3[C@@H](CC[C@]4(C)C(O)CC[C@@H]34)[C@@]12C=O. The van der Waals surface area contributed by atoms with Gasteiger partial charge in [0, 0.05) is 5.41 Å². The average Bonchev–Trinajstić information content (AvgIpc) is 2.82. The van der Waals surface area contributed by atoms with Crippen molar-refractivity contribution in [3.63, 3.8) is 0 Å². The zero-order valence-corrected chi connectivity index (χ0v) is 14.6. The minimum atomic E-state index is -0.221. The maximum Gasteiger partial charge on any atom is 0.126 e. The van der Waals surface area contributed by atoms with Crippen molar-refractivity contribution in [2.45, 2.75) is 77.4 Å². The van der Waals surface area contributed by atoms with Gasteiger partial charge < -0.3 is 15.0 Å². The normalized spacial score (nSPS) is 58.9.